The standard InChI is InChI=1S/C9H16O2/c1-8(2,3)9(4-5-9)7(11)6-10/h10H,4-6H2,1-3H3. The minimum Gasteiger partial charge on any atom is -0.389 e. The van der Waals surface area contributed by atoms with E-state index in [-0.39, 0.29) is 23.2 Å². The minimum absolute atomic E-state index is 0.0185. The van der Waals surface area contributed by atoms with Gasteiger partial charge in [0.2, 0.25) is 0 Å². The van der Waals surface area contributed by atoms with Gasteiger partial charge in [-0.15, -0.1) is 0 Å². The summed E-state index contributed by atoms with van der Waals surface area (Å²) in [4.78, 5) is 11.3. The first-order valence-corrected chi connectivity index (χ1v) is 4.08. The number of Topliss-reactive ketones (excluding diaryl/α,β-unsaturated/α-hetero) is 1. The molecule has 0 saturated heterocycles. The van der Waals surface area contributed by atoms with Crippen LogP contribution in [0, 0.1) is 10.8 Å². The third-order valence-corrected chi connectivity index (χ3v) is 2.86. The predicted octanol–water partition coefficient (Wildman–Crippen LogP) is 1.37. The van der Waals surface area contributed by atoms with Gasteiger partial charge in [-0.05, 0) is 18.3 Å². The third kappa shape index (κ3) is 1.20. The van der Waals surface area contributed by atoms with Crippen LogP contribution in [0.5, 0.6) is 0 Å². The Hall–Kier alpha value is -0.370. The van der Waals surface area contributed by atoms with Gasteiger partial charge >= 0.3 is 0 Å². The number of carbonyl (C=O) groups excluding carboxylic acids is 1. The fourth-order valence-corrected chi connectivity index (χ4v) is 1.72. The highest BCUT2D eigenvalue weighted by molar-refractivity contribution is 5.89. The molecule has 11 heavy (non-hydrogen) atoms. The van der Waals surface area contributed by atoms with E-state index in [0.717, 1.165) is 12.8 Å². The SMILES string of the molecule is CC(C)(C)C1(C(=O)CO)CC1. The van der Waals surface area contributed by atoms with Gasteiger partial charge in [0.15, 0.2) is 5.78 Å². The Bertz CT molecular complexity index is 172. The normalized spacial score (nSPS) is 21.5. The summed E-state index contributed by atoms with van der Waals surface area (Å²) in [5, 5.41) is 8.72. The maximum Gasteiger partial charge on any atom is 0.164 e. The fraction of sp³-hybridized carbons (Fsp3) is 0.889. The van der Waals surface area contributed by atoms with Crippen LogP contribution in [-0.2, 0) is 4.79 Å². The number of ketones is 1. The topological polar surface area (TPSA) is 37.3 Å². The smallest absolute Gasteiger partial charge is 0.164 e. The van der Waals surface area contributed by atoms with Crippen LogP contribution in [0.3, 0.4) is 0 Å². The van der Waals surface area contributed by atoms with E-state index < -0.39 is 0 Å². The second-order valence-electron chi connectivity index (χ2n) is 4.41. The van der Waals surface area contributed by atoms with Crippen LogP contribution in [0.15, 0.2) is 0 Å². The molecule has 0 aliphatic heterocycles. The van der Waals surface area contributed by atoms with Crippen molar-refractivity contribution in [2.45, 2.75) is 33.6 Å². The lowest BCUT2D eigenvalue weighted by Crippen LogP contribution is -2.32. The average molecular weight is 156 g/mol. The lowest BCUT2D eigenvalue weighted by molar-refractivity contribution is -0.130. The molecule has 2 nitrogen and oxygen atoms in total. The van der Waals surface area contributed by atoms with Crippen molar-refractivity contribution in [2.75, 3.05) is 6.61 Å². The molecule has 0 aromatic carbocycles. The minimum atomic E-state index is -0.294. The van der Waals surface area contributed by atoms with E-state index in [9.17, 15) is 4.79 Å². The zero-order valence-corrected chi connectivity index (χ0v) is 7.48. The lowest BCUT2D eigenvalue weighted by atomic mass is 9.75. The average Bonchev–Trinajstić information content (AvgIpc) is 2.63. The monoisotopic (exact) mass is 156 g/mol. The van der Waals surface area contributed by atoms with Gasteiger partial charge in [0.1, 0.15) is 6.61 Å². The van der Waals surface area contributed by atoms with Gasteiger partial charge in [0.05, 0.1) is 0 Å². The molecule has 1 N–H and O–H groups in total. The van der Waals surface area contributed by atoms with Crippen molar-refractivity contribution in [3.63, 3.8) is 0 Å². The van der Waals surface area contributed by atoms with E-state index in [1.165, 1.54) is 0 Å². The number of rotatable bonds is 2. The van der Waals surface area contributed by atoms with Gasteiger partial charge in [0, 0.05) is 5.41 Å². The van der Waals surface area contributed by atoms with Crippen molar-refractivity contribution < 1.29 is 9.90 Å². The second kappa shape index (κ2) is 2.31. The van der Waals surface area contributed by atoms with Gasteiger partial charge in [-0.25, -0.2) is 0 Å². The van der Waals surface area contributed by atoms with E-state index in [2.05, 4.69) is 20.8 Å². The highest BCUT2D eigenvalue weighted by atomic mass is 16.3. The number of aliphatic hydroxyl groups excluding tert-OH is 1. The maximum absolute atomic E-state index is 11.3. The summed E-state index contributed by atoms with van der Waals surface area (Å²) in [6, 6.07) is 0. The zero-order valence-electron chi connectivity index (χ0n) is 7.48. The fourth-order valence-electron chi connectivity index (χ4n) is 1.72. The number of aliphatic hydroxyl groups is 1. The molecule has 1 aliphatic carbocycles. The Kier molecular flexibility index (Phi) is 1.83. The van der Waals surface area contributed by atoms with E-state index in [4.69, 9.17) is 5.11 Å². The van der Waals surface area contributed by atoms with Gasteiger partial charge in [0.25, 0.3) is 0 Å². The number of hydrogen-bond acceptors (Lipinski definition) is 2. The lowest BCUT2D eigenvalue weighted by Gasteiger charge is -2.28. The van der Waals surface area contributed by atoms with Crippen molar-refractivity contribution in [1.29, 1.82) is 0 Å². The summed E-state index contributed by atoms with van der Waals surface area (Å²) in [7, 11) is 0. The van der Waals surface area contributed by atoms with Crippen LogP contribution in [0.25, 0.3) is 0 Å². The quantitative estimate of drug-likeness (QED) is 0.655. The molecule has 0 amide bonds. The van der Waals surface area contributed by atoms with Crippen LogP contribution >= 0.6 is 0 Å². The molecular weight excluding hydrogens is 140 g/mol. The van der Waals surface area contributed by atoms with Crippen molar-refractivity contribution in [2.24, 2.45) is 10.8 Å². The van der Waals surface area contributed by atoms with Gasteiger partial charge < -0.3 is 5.11 Å². The molecule has 64 valence electrons. The molecule has 0 unspecified atom stereocenters. The zero-order chi connectivity index (χ0) is 8.70. The summed E-state index contributed by atoms with van der Waals surface area (Å²) in [6.07, 6.45) is 1.91. The Morgan fingerprint density at radius 1 is 1.45 bits per heavy atom. The first kappa shape index (κ1) is 8.72. The Morgan fingerprint density at radius 2 is 1.91 bits per heavy atom. The largest absolute Gasteiger partial charge is 0.389 e. The highest BCUT2D eigenvalue weighted by Gasteiger charge is 2.56. The van der Waals surface area contributed by atoms with Gasteiger partial charge in [-0.1, -0.05) is 20.8 Å². The first-order chi connectivity index (χ1) is 4.94. The van der Waals surface area contributed by atoms with Crippen molar-refractivity contribution in [1.82, 2.24) is 0 Å². The molecule has 0 heterocycles. The molecular formula is C9H16O2. The summed E-state index contributed by atoms with van der Waals surface area (Å²) < 4.78 is 0. The molecule has 0 spiro atoms. The van der Waals surface area contributed by atoms with E-state index in [0.29, 0.717) is 0 Å². The Morgan fingerprint density at radius 3 is 2.00 bits per heavy atom. The maximum atomic E-state index is 11.3. The number of hydrogen-bond donors (Lipinski definition) is 1. The molecule has 1 fully saturated rings. The van der Waals surface area contributed by atoms with Crippen LogP contribution in [0.2, 0.25) is 0 Å². The molecule has 2 heteroatoms. The van der Waals surface area contributed by atoms with Gasteiger partial charge in [-0.3, -0.25) is 4.79 Å². The molecule has 0 atom stereocenters. The molecule has 0 radical (unpaired) electrons. The van der Waals surface area contributed by atoms with E-state index in [1.54, 1.807) is 0 Å². The summed E-state index contributed by atoms with van der Waals surface area (Å²) in [5.74, 6) is 0.0185. The first-order valence-electron chi connectivity index (χ1n) is 4.08. The second-order valence-corrected chi connectivity index (χ2v) is 4.41. The molecule has 1 rings (SSSR count). The van der Waals surface area contributed by atoms with Crippen LogP contribution in [0.1, 0.15) is 33.6 Å². The molecule has 1 saturated carbocycles. The van der Waals surface area contributed by atoms with Crippen molar-refractivity contribution >= 4 is 5.78 Å². The van der Waals surface area contributed by atoms with Crippen LogP contribution in [0.4, 0.5) is 0 Å². The molecule has 0 aromatic heterocycles. The molecule has 1 aliphatic rings. The third-order valence-electron chi connectivity index (χ3n) is 2.86. The van der Waals surface area contributed by atoms with E-state index in [1.807, 2.05) is 0 Å². The summed E-state index contributed by atoms with van der Waals surface area (Å²) >= 11 is 0. The molecule has 0 aromatic rings. The van der Waals surface area contributed by atoms with Crippen LogP contribution < -0.4 is 0 Å². The summed E-state index contributed by atoms with van der Waals surface area (Å²) in [5.41, 5.74) is -0.172. The molecule has 0 bridgehead atoms. The summed E-state index contributed by atoms with van der Waals surface area (Å²) in [6.45, 7) is 5.89. The Balaban J connectivity index is 2.76. The van der Waals surface area contributed by atoms with Crippen molar-refractivity contribution in [3.05, 3.63) is 0 Å². The van der Waals surface area contributed by atoms with Crippen molar-refractivity contribution in [3.8, 4) is 0 Å². The highest BCUT2D eigenvalue weighted by Crippen LogP contribution is 2.58. The van der Waals surface area contributed by atoms with Gasteiger partial charge in [-0.2, -0.15) is 0 Å². The van der Waals surface area contributed by atoms with E-state index >= 15 is 0 Å². The Labute approximate surface area is 67.6 Å². The number of carbonyl (C=O) groups is 1. The predicted molar refractivity (Wildman–Crippen MR) is 43.2 cm³/mol. The van der Waals surface area contributed by atoms with Crippen LogP contribution in [-0.4, -0.2) is 17.5 Å².